The number of hydrogen-bond acceptors (Lipinski definition) is 6. The minimum absolute atomic E-state index is 0.0194. The molecule has 0 saturated carbocycles. The summed E-state index contributed by atoms with van der Waals surface area (Å²) in [5.41, 5.74) is 0.0976. The Morgan fingerprint density at radius 2 is 1.77 bits per heavy atom. The Bertz CT molecular complexity index is 869. The number of nitrogens with one attached hydrogen (secondary N) is 1. The van der Waals surface area contributed by atoms with Crippen molar-refractivity contribution in [3.63, 3.8) is 0 Å². The summed E-state index contributed by atoms with van der Waals surface area (Å²) < 4.78 is 0.417. The van der Waals surface area contributed by atoms with Crippen molar-refractivity contribution < 1.29 is 14.5 Å². The Morgan fingerprint density at radius 1 is 1.05 bits per heavy atom. The fraction of sp³-hybridized carbons (Fsp3) is 0. The summed E-state index contributed by atoms with van der Waals surface area (Å²) in [6.45, 7) is 0. The lowest BCUT2D eigenvalue weighted by molar-refractivity contribution is -0.672. The predicted molar refractivity (Wildman–Crippen MR) is 76.0 cm³/mol. The highest BCUT2D eigenvalue weighted by Gasteiger charge is 2.23. The number of nitrogens with zero attached hydrogens (tertiary/aromatic N) is 4. The van der Waals surface area contributed by atoms with Crippen LogP contribution in [0.1, 0.15) is 0 Å². The average molecular weight is 299 g/mol. The van der Waals surface area contributed by atoms with Crippen LogP contribution in [-0.4, -0.2) is 10.0 Å². The van der Waals surface area contributed by atoms with E-state index in [9.17, 15) is 20.5 Å². The first-order chi connectivity index (χ1) is 10.6. The molecule has 0 unspecified atom stereocenters. The number of nitro groups is 1. The highest BCUT2D eigenvalue weighted by Crippen LogP contribution is 2.17. The zero-order valence-electron chi connectivity index (χ0n) is 11.0. The van der Waals surface area contributed by atoms with Gasteiger partial charge < -0.3 is 10.4 Å². The van der Waals surface area contributed by atoms with Crippen molar-refractivity contribution >= 4 is 28.4 Å². The van der Waals surface area contributed by atoms with Gasteiger partial charge in [0.2, 0.25) is 5.10 Å². The van der Waals surface area contributed by atoms with Gasteiger partial charge >= 0.3 is 11.5 Å². The summed E-state index contributed by atoms with van der Waals surface area (Å²) in [7, 11) is 0. The van der Waals surface area contributed by atoms with Crippen LogP contribution in [-0.2, 0) is 0 Å². The van der Waals surface area contributed by atoms with Crippen molar-refractivity contribution in [3.8, 4) is 0 Å². The zero-order valence-corrected chi connectivity index (χ0v) is 11.0. The van der Waals surface area contributed by atoms with E-state index >= 15 is 0 Å². The van der Waals surface area contributed by atoms with E-state index in [1.165, 1.54) is 6.07 Å². The second kappa shape index (κ2) is 5.13. The fourth-order valence-electron chi connectivity index (χ4n) is 1.97. The molecule has 9 heteroatoms. The summed E-state index contributed by atoms with van der Waals surface area (Å²) in [6, 6.07) is 12.1. The van der Waals surface area contributed by atoms with E-state index < -0.39 is 4.92 Å². The van der Waals surface area contributed by atoms with Gasteiger partial charge in [0.15, 0.2) is 5.52 Å². The van der Waals surface area contributed by atoms with E-state index in [1.807, 2.05) is 0 Å². The van der Waals surface area contributed by atoms with Gasteiger partial charge in [-0.15, -0.1) is 0 Å². The first-order valence-electron chi connectivity index (χ1n) is 6.20. The summed E-state index contributed by atoms with van der Waals surface area (Å²) in [5, 5.41) is 41.2. The molecule has 0 aliphatic rings. The fourth-order valence-corrected chi connectivity index (χ4v) is 1.97. The van der Waals surface area contributed by atoms with E-state index in [0.717, 1.165) is 12.1 Å². The van der Waals surface area contributed by atoms with Gasteiger partial charge in [-0.2, -0.15) is 0 Å². The van der Waals surface area contributed by atoms with Crippen LogP contribution in [0.2, 0.25) is 0 Å². The van der Waals surface area contributed by atoms with Gasteiger partial charge in [-0.1, -0.05) is 18.2 Å². The molecule has 1 heterocycles. The topological polar surface area (TPSA) is 122 Å². The largest absolute Gasteiger partial charge is 0.739 e. The minimum Gasteiger partial charge on any atom is -0.739 e. The maximum absolute atomic E-state index is 12.2. The number of aromatic nitrogens is 3. The predicted octanol–water partition coefficient (Wildman–Crippen LogP) is 1.15. The third kappa shape index (κ3) is 2.30. The Kier molecular flexibility index (Phi) is 3.14. The van der Waals surface area contributed by atoms with Gasteiger partial charge in [-0.05, 0) is 18.2 Å². The molecule has 3 rings (SSSR count). The van der Waals surface area contributed by atoms with Crippen LogP contribution in [0.4, 0.5) is 17.3 Å². The van der Waals surface area contributed by atoms with Gasteiger partial charge in [0.05, 0.1) is 16.7 Å². The number of nitro benzene ring substituents is 1. The number of rotatable bonds is 3. The molecule has 0 bridgehead atoms. The number of para-hydroxylation sites is 1. The summed E-state index contributed by atoms with van der Waals surface area (Å²) >= 11 is 0. The first-order valence-corrected chi connectivity index (χ1v) is 6.20. The van der Waals surface area contributed by atoms with Crippen molar-refractivity contribution in [2.45, 2.75) is 0 Å². The molecule has 0 aliphatic heterocycles. The molecule has 0 amide bonds. The van der Waals surface area contributed by atoms with Crippen LogP contribution in [0, 0.1) is 20.5 Å². The molecule has 1 N–H and O–H groups in total. The highest BCUT2D eigenvalue weighted by atomic mass is 16.6. The molecule has 0 atom stereocenters. The molecule has 2 aromatic carbocycles. The Hall–Kier alpha value is -3.49. The second-order valence-electron chi connectivity index (χ2n) is 4.41. The lowest BCUT2D eigenvalue weighted by Gasteiger charge is -2.09. The van der Waals surface area contributed by atoms with Crippen molar-refractivity contribution in [2.24, 2.45) is 0 Å². The Morgan fingerprint density at radius 3 is 2.45 bits per heavy atom. The highest BCUT2D eigenvalue weighted by molar-refractivity contribution is 5.71. The van der Waals surface area contributed by atoms with Crippen molar-refractivity contribution in [1.29, 1.82) is 0 Å². The summed E-state index contributed by atoms with van der Waals surface area (Å²) in [5.74, 6) is -0.220. The Labute approximate surface area is 123 Å². The van der Waals surface area contributed by atoms with E-state index in [0.29, 0.717) is 10.4 Å². The molecule has 9 nitrogen and oxygen atoms in total. The van der Waals surface area contributed by atoms with E-state index in [2.05, 4.69) is 10.4 Å². The normalized spacial score (nSPS) is 10.5. The van der Waals surface area contributed by atoms with E-state index in [4.69, 9.17) is 0 Å². The van der Waals surface area contributed by atoms with Crippen LogP contribution in [0.3, 0.4) is 0 Å². The molecule has 0 spiro atoms. The number of hydrogen-bond donors (Lipinski definition) is 1. The quantitative estimate of drug-likeness (QED) is 0.335. The van der Waals surface area contributed by atoms with Crippen LogP contribution >= 0.6 is 0 Å². The Balaban J connectivity index is 2.12. The van der Waals surface area contributed by atoms with Gasteiger partial charge in [0, 0.05) is 10.9 Å². The monoisotopic (exact) mass is 299 g/mol. The van der Waals surface area contributed by atoms with E-state index in [1.54, 1.807) is 30.3 Å². The molecular formula is C13H9N5O4. The van der Waals surface area contributed by atoms with Crippen molar-refractivity contribution in [3.05, 3.63) is 69.1 Å². The molecule has 0 saturated heterocycles. The number of non-ortho nitro benzene ring substituents is 1. The molecular weight excluding hydrogens is 290 g/mol. The number of benzene rings is 2. The third-order valence-electron chi connectivity index (χ3n) is 3.00. The van der Waals surface area contributed by atoms with Gasteiger partial charge in [-0.3, -0.25) is 10.1 Å². The number of anilines is 2. The molecule has 1 aromatic heterocycles. The van der Waals surface area contributed by atoms with Gasteiger partial charge in [0.1, 0.15) is 0 Å². The van der Waals surface area contributed by atoms with Crippen molar-refractivity contribution in [2.75, 3.05) is 5.32 Å². The standard InChI is InChI=1S/C13H9N5O4/c19-16-11-7-6-10(18(21)22)8-12(11)17(20)15-13(16)14-9-4-2-1-3-5-9/h1-8H,(H,14,15). The second-order valence-corrected chi connectivity index (χ2v) is 4.41. The summed E-state index contributed by atoms with van der Waals surface area (Å²) in [4.78, 5) is 10.3. The minimum atomic E-state index is -0.648. The third-order valence-corrected chi connectivity index (χ3v) is 3.00. The molecule has 22 heavy (non-hydrogen) atoms. The SMILES string of the molecule is O=[N+]([O-])c1ccc2c(c1)[n+]([O-])nc(Nc1ccccc1)[n+]2[O-]. The lowest BCUT2D eigenvalue weighted by Crippen LogP contribution is -2.43. The molecule has 110 valence electrons. The average Bonchev–Trinajstić information content (AvgIpc) is 2.53. The summed E-state index contributed by atoms with van der Waals surface area (Å²) in [6.07, 6.45) is 0. The zero-order chi connectivity index (χ0) is 15.7. The number of fused-ring (bicyclic) bond motifs is 1. The maximum Gasteiger partial charge on any atom is 0.465 e. The molecule has 3 aromatic rings. The van der Waals surface area contributed by atoms with Gasteiger partial charge in [0.25, 0.3) is 5.69 Å². The first kappa shape index (κ1) is 13.5. The van der Waals surface area contributed by atoms with Crippen LogP contribution in [0.25, 0.3) is 11.0 Å². The van der Waals surface area contributed by atoms with E-state index in [-0.39, 0.29) is 27.5 Å². The molecule has 0 aliphatic carbocycles. The van der Waals surface area contributed by atoms with Crippen LogP contribution < -0.4 is 14.9 Å². The lowest BCUT2D eigenvalue weighted by atomic mass is 10.3. The van der Waals surface area contributed by atoms with Crippen LogP contribution in [0.5, 0.6) is 0 Å². The maximum atomic E-state index is 12.2. The van der Waals surface area contributed by atoms with Gasteiger partial charge in [-0.25, -0.2) is 10.0 Å². The van der Waals surface area contributed by atoms with Crippen molar-refractivity contribution in [1.82, 2.24) is 5.10 Å². The smallest absolute Gasteiger partial charge is 0.465 e. The molecule has 0 radical (unpaired) electrons. The molecule has 0 fully saturated rings. The van der Waals surface area contributed by atoms with Crippen LogP contribution in [0.15, 0.2) is 48.5 Å².